The van der Waals surface area contributed by atoms with Crippen LogP contribution in [0, 0.1) is 0 Å². The molecule has 0 radical (unpaired) electrons. The summed E-state index contributed by atoms with van der Waals surface area (Å²) in [5.74, 6) is 1.00. The molecule has 38 heavy (non-hydrogen) atoms. The molecule has 0 spiro atoms. The zero-order valence-corrected chi connectivity index (χ0v) is 21.2. The highest BCUT2D eigenvalue weighted by molar-refractivity contribution is 5.86. The number of carbonyl (C=O) groups is 1. The predicted molar refractivity (Wildman–Crippen MR) is 155 cm³/mol. The number of amides is 1. The Balaban J connectivity index is 1.14. The molecule has 6 rings (SSSR count). The van der Waals surface area contributed by atoms with Crippen LogP contribution in [0.15, 0.2) is 121 Å². The van der Waals surface area contributed by atoms with Gasteiger partial charge in [0.15, 0.2) is 0 Å². The third-order valence-electron chi connectivity index (χ3n) is 7.04. The first kappa shape index (κ1) is 23.7. The number of aromatic nitrogens is 2. The van der Waals surface area contributed by atoms with Gasteiger partial charge in [-0.05, 0) is 45.2 Å². The van der Waals surface area contributed by atoms with Gasteiger partial charge in [-0.25, -0.2) is 4.98 Å². The van der Waals surface area contributed by atoms with Gasteiger partial charge in [-0.15, -0.1) is 0 Å². The Kier molecular flexibility index (Phi) is 6.69. The van der Waals surface area contributed by atoms with Crippen LogP contribution in [-0.4, -0.2) is 22.0 Å². The van der Waals surface area contributed by atoms with Crippen molar-refractivity contribution in [3.8, 4) is 11.1 Å². The van der Waals surface area contributed by atoms with E-state index < -0.39 is 0 Å². The Bertz CT molecular complexity index is 1700. The van der Waals surface area contributed by atoms with Crippen LogP contribution in [0.25, 0.3) is 32.9 Å². The number of rotatable bonds is 8. The van der Waals surface area contributed by atoms with Crippen LogP contribution >= 0.6 is 0 Å². The topological polar surface area (TPSA) is 46.9 Å². The van der Waals surface area contributed by atoms with Gasteiger partial charge >= 0.3 is 0 Å². The molecule has 4 heteroatoms. The SMILES string of the molecule is O=C(Cc1ccc(-c2ccccc2)cc1)NCCc1nc2ccccc2n1Cc1cccc2ccccc12. The van der Waals surface area contributed by atoms with Crippen molar-refractivity contribution >= 4 is 27.7 Å². The molecule has 0 aliphatic carbocycles. The molecule has 0 bridgehead atoms. The summed E-state index contributed by atoms with van der Waals surface area (Å²) in [5, 5.41) is 5.59. The quantitative estimate of drug-likeness (QED) is 0.252. The van der Waals surface area contributed by atoms with Crippen LogP contribution in [-0.2, 0) is 24.2 Å². The Morgan fingerprint density at radius 3 is 2.29 bits per heavy atom. The fourth-order valence-electron chi connectivity index (χ4n) is 5.10. The van der Waals surface area contributed by atoms with Gasteiger partial charge < -0.3 is 9.88 Å². The van der Waals surface area contributed by atoms with Crippen LogP contribution in [0.4, 0.5) is 0 Å². The van der Waals surface area contributed by atoms with E-state index in [0.29, 0.717) is 19.4 Å². The molecule has 0 saturated carbocycles. The van der Waals surface area contributed by atoms with Gasteiger partial charge in [0, 0.05) is 19.5 Å². The van der Waals surface area contributed by atoms with E-state index in [1.54, 1.807) is 0 Å². The lowest BCUT2D eigenvalue weighted by Gasteiger charge is -2.12. The Morgan fingerprint density at radius 1 is 0.711 bits per heavy atom. The van der Waals surface area contributed by atoms with Gasteiger partial charge in [0.25, 0.3) is 0 Å². The van der Waals surface area contributed by atoms with Crippen molar-refractivity contribution in [2.75, 3.05) is 6.54 Å². The Hall–Kier alpha value is -4.70. The summed E-state index contributed by atoms with van der Waals surface area (Å²) in [7, 11) is 0. The van der Waals surface area contributed by atoms with Crippen LogP contribution in [0.2, 0.25) is 0 Å². The largest absolute Gasteiger partial charge is 0.355 e. The Labute approximate surface area is 222 Å². The number of hydrogen-bond donors (Lipinski definition) is 1. The zero-order chi connectivity index (χ0) is 25.7. The van der Waals surface area contributed by atoms with Gasteiger partial charge in [0.1, 0.15) is 5.82 Å². The smallest absolute Gasteiger partial charge is 0.224 e. The van der Waals surface area contributed by atoms with Gasteiger partial charge in [-0.2, -0.15) is 0 Å². The number of benzene rings is 5. The molecule has 1 heterocycles. The number of nitrogens with zero attached hydrogens (tertiary/aromatic N) is 2. The molecule has 5 aromatic carbocycles. The maximum Gasteiger partial charge on any atom is 0.224 e. The third kappa shape index (κ3) is 5.07. The summed E-state index contributed by atoms with van der Waals surface area (Å²) in [6, 6.07) is 41.7. The molecular weight excluding hydrogens is 466 g/mol. The molecule has 1 N–H and O–H groups in total. The van der Waals surface area contributed by atoms with Crippen molar-refractivity contribution in [3.63, 3.8) is 0 Å². The molecule has 1 amide bonds. The minimum absolute atomic E-state index is 0.0224. The van der Waals surface area contributed by atoms with Crippen molar-refractivity contribution < 1.29 is 4.79 Å². The lowest BCUT2D eigenvalue weighted by atomic mass is 10.0. The van der Waals surface area contributed by atoms with Gasteiger partial charge in [-0.1, -0.05) is 109 Å². The predicted octanol–water partition coefficient (Wildman–Crippen LogP) is 6.81. The lowest BCUT2D eigenvalue weighted by molar-refractivity contribution is -0.120. The molecule has 1 aromatic heterocycles. The molecule has 0 saturated heterocycles. The van der Waals surface area contributed by atoms with Crippen LogP contribution in [0.5, 0.6) is 0 Å². The minimum atomic E-state index is 0.0224. The van der Waals surface area contributed by atoms with E-state index in [2.05, 4.69) is 94.8 Å². The zero-order valence-electron chi connectivity index (χ0n) is 21.2. The monoisotopic (exact) mass is 495 g/mol. The van der Waals surface area contributed by atoms with E-state index in [4.69, 9.17) is 4.98 Å². The first-order chi connectivity index (χ1) is 18.7. The summed E-state index contributed by atoms with van der Waals surface area (Å²) < 4.78 is 2.28. The van der Waals surface area contributed by atoms with Crippen molar-refractivity contribution in [2.24, 2.45) is 0 Å². The minimum Gasteiger partial charge on any atom is -0.355 e. The number of carbonyl (C=O) groups excluding carboxylic acids is 1. The highest BCUT2D eigenvalue weighted by atomic mass is 16.1. The molecule has 186 valence electrons. The molecule has 0 aliphatic heterocycles. The van der Waals surface area contributed by atoms with Crippen LogP contribution < -0.4 is 5.32 Å². The molecule has 0 unspecified atom stereocenters. The van der Waals surface area contributed by atoms with Crippen molar-refractivity contribution in [1.29, 1.82) is 0 Å². The molecule has 4 nitrogen and oxygen atoms in total. The van der Waals surface area contributed by atoms with E-state index in [-0.39, 0.29) is 5.91 Å². The highest BCUT2D eigenvalue weighted by Crippen LogP contribution is 2.23. The van der Waals surface area contributed by atoms with E-state index in [1.807, 2.05) is 36.4 Å². The van der Waals surface area contributed by atoms with E-state index in [1.165, 1.54) is 21.9 Å². The average molecular weight is 496 g/mol. The second-order valence-corrected chi connectivity index (χ2v) is 9.58. The Morgan fingerprint density at radius 2 is 1.42 bits per heavy atom. The summed E-state index contributed by atoms with van der Waals surface area (Å²) in [4.78, 5) is 17.6. The highest BCUT2D eigenvalue weighted by Gasteiger charge is 2.13. The summed E-state index contributed by atoms with van der Waals surface area (Å²) >= 11 is 0. The van der Waals surface area contributed by atoms with Crippen LogP contribution in [0.3, 0.4) is 0 Å². The second kappa shape index (κ2) is 10.7. The maximum absolute atomic E-state index is 12.7. The van der Waals surface area contributed by atoms with Crippen molar-refractivity contribution in [2.45, 2.75) is 19.4 Å². The number of imidazole rings is 1. The molecule has 0 atom stereocenters. The first-order valence-corrected chi connectivity index (χ1v) is 13.1. The number of hydrogen-bond acceptors (Lipinski definition) is 2. The van der Waals surface area contributed by atoms with Gasteiger partial charge in [0.2, 0.25) is 5.91 Å². The average Bonchev–Trinajstić information content (AvgIpc) is 3.31. The van der Waals surface area contributed by atoms with Gasteiger partial charge in [-0.3, -0.25) is 4.79 Å². The molecular formula is C34H29N3O. The second-order valence-electron chi connectivity index (χ2n) is 9.58. The lowest BCUT2D eigenvalue weighted by Crippen LogP contribution is -2.28. The summed E-state index contributed by atoms with van der Waals surface area (Å²) in [5.41, 5.74) is 6.68. The van der Waals surface area contributed by atoms with E-state index in [0.717, 1.165) is 34.5 Å². The normalized spacial score (nSPS) is 11.2. The fraction of sp³-hybridized carbons (Fsp3) is 0.118. The number of para-hydroxylation sites is 2. The van der Waals surface area contributed by atoms with Gasteiger partial charge in [0.05, 0.1) is 17.5 Å². The summed E-state index contributed by atoms with van der Waals surface area (Å²) in [6.45, 7) is 1.28. The molecule has 0 aliphatic rings. The number of fused-ring (bicyclic) bond motifs is 2. The summed E-state index contributed by atoms with van der Waals surface area (Å²) in [6.07, 6.45) is 1.03. The third-order valence-corrected chi connectivity index (χ3v) is 7.04. The fourth-order valence-corrected chi connectivity index (χ4v) is 5.10. The molecule has 6 aromatic rings. The van der Waals surface area contributed by atoms with Crippen LogP contribution in [0.1, 0.15) is 17.0 Å². The number of nitrogens with one attached hydrogen (secondary N) is 1. The maximum atomic E-state index is 12.7. The molecule has 0 fully saturated rings. The van der Waals surface area contributed by atoms with E-state index in [9.17, 15) is 4.79 Å². The first-order valence-electron chi connectivity index (χ1n) is 13.1. The van der Waals surface area contributed by atoms with Crippen molar-refractivity contribution in [3.05, 3.63) is 138 Å². The van der Waals surface area contributed by atoms with E-state index >= 15 is 0 Å². The van der Waals surface area contributed by atoms with Crippen molar-refractivity contribution in [1.82, 2.24) is 14.9 Å². The standard InChI is InChI=1S/C34H29N3O/c38-34(23-25-17-19-27(20-18-25)26-9-2-1-3-10-26)35-22-21-33-36-31-15-6-7-16-32(31)37(33)24-29-13-8-12-28-11-4-5-14-30(28)29/h1-20H,21-24H2,(H,35,38).